The number of fused-ring (bicyclic) bond motifs is 1. The summed E-state index contributed by atoms with van der Waals surface area (Å²) >= 11 is 1.42. The van der Waals surface area contributed by atoms with E-state index in [0.29, 0.717) is 37.4 Å². The van der Waals surface area contributed by atoms with Crippen LogP contribution < -0.4 is 22.1 Å². The summed E-state index contributed by atoms with van der Waals surface area (Å²) in [6.45, 7) is 5.12. The van der Waals surface area contributed by atoms with Gasteiger partial charge in [-0.25, -0.2) is 14.5 Å². The van der Waals surface area contributed by atoms with Crippen LogP contribution in [0.4, 0.5) is 0 Å². The third-order valence-electron chi connectivity index (χ3n) is 7.90. The molecular formula is C23H33N11O5S. The summed E-state index contributed by atoms with van der Waals surface area (Å²) in [5.41, 5.74) is 10.9. The summed E-state index contributed by atoms with van der Waals surface area (Å²) in [6.07, 6.45) is 2.54. The van der Waals surface area contributed by atoms with E-state index in [4.69, 9.17) is 11.5 Å². The molecule has 7 N–H and O–H groups in total. The number of likely N-dealkylation sites (tertiary alicyclic amines) is 1. The predicted molar refractivity (Wildman–Crippen MR) is 142 cm³/mol. The number of nitrogens with zero attached hydrogens (tertiary/aromatic N) is 7. The van der Waals surface area contributed by atoms with Gasteiger partial charge in [0.25, 0.3) is 0 Å². The number of tetrazole rings is 1. The first-order valence-electron chi connectivity index (χ1n) is 13.1. The zero-order chi connectivity index (χ0) is 28.7. The predicted octanol–water partition coefficient (Wildman–Crippen LogP) is -2.71. The van der Waals surface area contributed by atoms with Gasteiger partial charge >= 0.3 is 5.97 Å². The van der Waals surface area contributed by atoms with Crippen LogP contribution in [0.1, 0.15) is 26.7 Å². The molecule has 4 aliphatic rings. The van der Waals surface area contributed by atoms with E-state index in [1.165, 1.54) is 27.7 Å². The summed E-state index contributed by atoms with van der Waals surface area (Å²) in [7, 11) is 0. The standard InChI is InChI=1S/C23H33N11O5S/c1-10-17-16(11(2)28-15(35)8-33-9-27-30-31-33)21(37)34(17)18(22(38)39)19(10)40-13-5-14(26-6-13)20(36)32-4-3-12(7-32)29-23(24)25/h9-14,16-17,26H,3-8H2,1-2H3,(H,28,35)(H,38,39)(H4,24,25,29)/t10-,11?,12+,13+,14+,16-,17-/m1/s1. The third kappa shape index (κ3) is 5.22. The lowest BCUT2D eigenvalue weighted by molar-refractivity contribution is -0.158. The number of hydrogen-bond donors (Lipinski definition) is 5. The van der Waals surface area contributed by atoms with E-state index in [-0.39, 0.29) is 65.2 Å². The molecule has 0 bridgehead atoms. The SMILES string of the molecule is CC(NC(=O)Cn1cnnn1)[C@H]1C(=O)N2C(C(=O)O)=C(S[C@@H]3CN[C@H](C(=O)N4CC[C@H](N=C(N)N)C4)C3)[C@H](C)[C@H]12. The molecule has 5 rings (SSSR count). The first-order chi connectivity index (χ1) is 19.0. The summed E-state index contributed by atoms with van der Waals surface area (Å²) < 4.78 is 1.27. The van der Waals surface area contributed by atoms with Gasteiger partial charge in [-0.3, -0.25) is 14.4 Å². The van der Waals surface area contributed by atoms with Crippen LogP contribution in [0, 0.1) is 11.8 Å². The quantitative estimate of drug-likeness (QED) is 0.115. The third-order valence-corrected chi connectivity index (χ3v) is 9.42. The number of amides is 3. The number of carboxylic acid groups (broad SMARTS) is 1. The summed E-state index contributed by atoms with van der Waals surface area (Å²) in [4.78, 5) is 58.9. The molecule has 3 fully saturated rings. The van der Waals surface area contributed by atoms with Gasteiger partial charge in [-0.2, -0.15) is 0 Å². The van der Waals surface area contributed by atoms with Gasteiger partial charge in [-0.15, -0.1) is 16.9 Å². The molecule has 3 amide bonds. The Kier molecular flexibility index (Phi) is 7.67. The highest BCUT2D eigenvalue weighted by atomic mass is 32.2. The highest BCUT2D eigenvalue weighted by Crippen LogP contribution is 2.51. The minimum atomic E-state index is -1.17. The average molecular weight is 576 g/mol. The number of carbonyl (C=O) groups is 4. The Morgan fingerprint density at radius 3 is 2.80 bits per heavy atom. The van der Waals surface area contributed by atoms with Crippen molar-refractivity contribution in [1.29, 1.82) is 0 Å². The molecule has 1 aromatic heterocycles. The number of hydrogen-bond acceptors (Lipinski definition) is 10. The van der Waals surface area contributed by atoms with Crippen molar-refractivity contribution in [3.63, 3.8) is 0 Å². The van der Waals surface area contributed by atoms with Crippen molar-refractivity contribution in [3.8, 4) is 0 Å². The van der Waals surface area contributed by atoms with Crippen LogP contribution >= 0.6 is 11.8 Å². The number of carboxylic acids is 1. The Morgan fingerprint density at radius 1 is 1.35 bits per heavy atom. The normalized spacial score (nSPS) is 30.2. The molecule has 3 saturated heterocycles. The van der Waals surface area contributed by atoms with Crippen molar-refractivity contribution >= 4 is 41.4 Å². The maximum Gasteiger partial charge on any atom is 0.353 e. The van der Waals surface area contributed by atoms with Gasteiger partial charge in [-0.1, -0.05) is 6.92 Å². The molecule has 4 aliphatic heterocycles. The van der Waals surface area contributed by atoms with Crippen LogP contribution in [0.5, 0.6) is 0 Å². The molecule has 0 spiro atoms. The lowest BCUT2D eigenvalue weighted by Gasteiger charge is -2.47. The first-order valence-corrected chi connectivity index (χ1v) is 14.0. The van der Waals surface area contributed by atoms with E-state index < -0.39 is 17.9 Å². The van der Waals surface area contributed by atoms with Gasteiger partial charge in [0.05, 0.1) is 24.0 Å². The molecule has 1 aromatic rings. The number of nitrogens with one attached hydrogen (secondary N) is 2. The van der Waals surface area contributed by atoms with Crippen LogP contribution in [0.25, 0.3) is 0 Å². The first kappa shape index (κ1) is 27.8. The maximum atomic E-state index is 13.2. The highest BCUT2D eigenvalue weighted by molar-refractivity contribution is 8.03. The number of carbonyl (C=O) groups excluding carboxylic acids is 3. The number of β-lactam (4-membered cyclic amide) rings is 1. The van der Waals surface area contributed by atoms with Crippen molar-refractivity contribution in [2.45, 2.75) is 62.7 Å². The van der Waals surface area contributed by atoms with E-state index in [1.54, 1.807) is 11.8 Å². The minimum absolute atomic E-state index is 0.00878. The van der Waals surface area contributed by atoms with Crippen LogP contribution in [0.2, 0.25) is 0 Å². The van der Waals surface area contributed by atoms with Crippen molar-refractivity contribution in [3.05, 3.63) is 16.9 Å². The van der Waals surface area contributed by atoms with Crippen molar-refractivity contribution in [2.75, 3.05) is 19.6 Å². The molecule has 216 valence electrons. The monoisotopic (exact) mass is 575 g/mol. The topological polar surface area (TPSA) is 227 Å². The molecule has 40 heavy (non-hydrogen) atoms. The van der Waals surface area contributed by atoms with E-state index in [2.05, 4.69) is 31.2 Å². The molecule has 0 radical (unpaired) electrons. The number of thioether (sulfide) groups is 1. The highest BCUT2D eigenvalue weighted by Gasteiger charge is 2.60. The van der Waals surface area contributed by atoms with Crippen molar-refractivity contribution in [1.82, 2.24) is 40.6 Å². The van der Waals surface area contributed by atoms with Gasteiger partial charge in [0.2, 0.25) is 17.7 Å². The average Bonchev–Trinajstić information content (AvgIpc) is 3.67. The fourth-order valence-corrected chi connectivity index (χ4v) is 7.60. The van der Waals surface area contributed by atoms with Crippen molar-refractivity contribution in [2.24, 2.45) is 28.3 Å². The van der Waals surface area contributed by atoms with Crippen molar-refractivity contribution < 1.29 is 24.3 Å². The van der Waals surface area contributed by atoms with Gasteiger partial charge < -0.3 is 37.0 Å². The van der Waals surface area contributed by atoms with E-state index >= 15 is 0 Å². The van der Waals surface area contributed by atoms with E-state index in [1.807, 2.05) is 6.92 Å². The van der Waals surface area contributed by atoms with E-state index in [9.17, 15) is 24.3 Å². The summed E-state index contributed by atoms with van der Waals surface area (Å²) in [5.74, 6) is -2.67. The molecule has 17 heteroatoms. The fourth-order valence-electron chi connectivity index (χ4n) is 6.13. The number of guanidine groups is 1. The number of nitrogens with two attached hydrogens (primary N) is 2. The molecule has 0 aliphatic carbocycles. The van der Waals surface area contributed by atoms with E-state index in [0.717, 1.165) is 0 Å². The molecule has 16 nitrogen and oxygen atoms in total. The minimum Gasteiger partial charge on any atom is -0.477 e. The number of aliphatic imine (C=N–C) groups is 1. The second-order valence-corrected chi connectivity index (χ2v) is 12.0. The Balaban J connectivity index is 1.21. The number of aliphatic carboxylic acids is 1. The maximum absolute atomic E-state index is 13.2. The van der Waals surface area contributed by atoms with Crippen LogP contribution in [-0.4, -0.2) is 114 Å². The number of aromatic nitrogens is 4. The smallest absolute Gasteiger partial charge is 0.353 e. The zero-order valence-corrected chi connectivity index (χ0v) is 23.0. The summed E-state index contributed by atoms with van der Waals surface area (Å²) in [5, 5.41) is 26.7. The van der Waals surface area contributed by atoms with Gasteiger partial charge in [-0.05, 0) is 30.2 Å². The largest absolute Gasteiger partial charge is 0.477 e. The lowest BCUT2D eigenvalue weighted by Crippen LogP contribution is -2.66. The molecular weight excluding hydrogens is 542 g/mol. The molecule has 5 heterocycles. The van der Waals surface area contributed by atoms with Crippen LogP contribution in [0.3, 0.4) is 0 Å². The molecule has 0 aromatic carbocycles. The van der Waals surface area contributed by atoms with Crippen LogP contribution in [-0.2, 0) is 25.7 Å². The molecule has 0 saturated carbocycles. The van der Waals surface area contributed by atoms with Gasteiger partial charge in [0, 0.05) is 41.7 Å². The number of rotatable bonds is 9. The Labute approximate surface area is 233 Å². The molecule has 7 atom stereocenters. The second-order valence-electron chi connectivity index (χ2n) is 10.6. The lowest BCUT2D eigenvalue weighted by atomic mass is 9.78. The fraction of sp³-hybridized carbons (Fsp3) is 0.652. The van der Waals surface area contributed by atoms with Gasteiger partial charge in [0.15, 0.2) is 5.96 Å². The Bertz CT molecular complexity index is 1250. The summed E-state index contributed by atoms with van der Waals surface area (Å²) in [6, 6.07) is -1.39. The van der Waals surface area contributed by atoms with Crippen LogP contribution in [0.15, 0.2) is 21.9 Å². The second kappa shape index (κ2) is 11.0. The van der Waals surface area contributed by atoms with Gasteiger partial charge in [0.1, 0.15) is 18.6 Å². The zero-order valence-electron chi connectivity index (χ0n) is 22.1. The Morgan fingerprint density at radius 2 is 2.12 bits per heavy atom. The molecule has 1 unspecified atom stereocenters. The Hall–Kier alpha value is -3.73.